The van der Waals surface area contributed by atoms with Gasteiger partial charge < -0.3 is 28.4 Å². The van der Waals surface area contributed by atoms with Gasteiger partial charge in [-0.05, 0) is 65.0 Å². The molecule has 0 radical (unpaired) electrons. The van der Waals surface area contributed by atoms with E-state index in [-0.39, 0.29) is 17.7 Å². The minimum atomic E-state index is -0.817. The van der Waals surface area contributed by atoms with E-state index in [0.29, 0.717) is 43.9 Å². The molecule has 2 aromatic heterocycles. The molecule has 0 spiro atoms. The summed E-state index contributed by atoms with van der Waals surface area (Å²) >= 11 is 1.25. The quantitative estimate of drug-likeness (QED) is 0.375. The average Bonchev–Trinajstić information content (AvgIpc) is 3.56. The number of allylic oxidation sites excluding steroid dienone is 1. The van der Waals surface area contributed by atoms with Crippen molar-refractivity contribution in [3.05, 3.63) is 72.6 Å². The number of aromatic nitrogens is 1. The van der Waals surface area contributed by atoms with Crippen LogP contribution in [0.1, 0.15) is 44.1 Å². The molecule has 10 nitrogen and oxygen atoms in total. The number of rotatable bonds is 8. The van der Waals surface area contributed by atoms with Crippen molar-refractivity contribution < 1.29 is 23.4 Å². The van der Waals surface area contributed by atoms with Crippen LogP contribution in [0.15, 0.2) is 55.8 Å². The van der Waals surface area contributed by atoms with E-state index in [2.05, 4.69) is 28.9 Å². The highest BCUT2D eigenvalue weighted by molar-refractivity contribution is 7.07. The summed E-state index contributed by atoms with van der Waals surface area (Å²) in [5, 5.41) is 0. The lowest BCUT2D eigenvalue weighted by atomic mass is 9.95. The van der Waals surface area contributed by atoms with E-state index in [1.54, 1.807) is 52.3 Å². The zero-order valence-electron chi connectivity index (χ0n) is 24.3. The molecule has 41 heavy (non-hydrogen) atoms. The van der Waals surface area contributed by atoms with Crippen molar-refractivity contribution in [2.75, 3.05) is 52.9 Å². The molecule has 1 fully saturated rings. The first-order valence-corrected chi connectivity index (χ1v) is 14.5. The summed E-state index contributed by atoms with van der Waals surface area (Å²) in [5.74, 6) is 1.92. The van der Waals surface area contributed by atoms with E-state index in [4.69, 9.17) is 18.6 Å². The monoisotopic (exact) mass is 580 g/mol. The van der Waals surface area contributed by atoms with Gasteiger partial charge in [-0.2, -0.15) is 0 Å². The highest BCUT2D eigenvalue weighted by Crippen LogP contribution is 2.38. The number of methoxy groups -OCH3 is 2. The van der Waals surface area contributed by atoms with E-state index in [1.165, 1.54) is 15.9 Å². The van der Waals surface area contributed by atoms with Gasteiger partial charge in [0.15, 0.2) is 10.7 Å². The minimum Gasteiger partial charge on any atom is -0.497 e. The Bertz CT molecular complexity index is 1640. The van der Waals surface area contributed by atoms with Crippen LogP contribution in [0.25, 0.3) is 6.08 Å². The Balaban J connectivity index is 1.58. The van der Waals surface area contributed by atoms with Crippen LogP contribution in [-0.2, 0) is 9.53 Å². The molecule has 0 unspecified atom stereocenters. The molecule has 1 saturated heterocycles. The maximum absolute atomic E-state index is 14.0. The molecular formula is C30H36N4O6S. The number of anilines is 1. The number of carbonyl (C=O) groups excluding carboxylic acids is 1. The van der Waals surface area contributed by atoms with Gasteiger partial charge in [0.25, 0.3) is 5.56 Å². The summed E-state index contributed by atoms with van der Waals surface area (Å²) in [4.78, 5) is 36.8. The number of esters is 1. The first kappa shape index (κ1) is 28.7. The Morgan fingerprint density at radius 3 is 2.59 bits per heavy atom. The lowest BCUT2D eigenvalue weighted by Gasteiger charge is -2.35. The lowest BCUT2D eigenvalue weighted by Crippen LogP contribution is -2.41. The van der Waals surface area contributed by atoms with Crippen molar-refractivity contribution in [3.8, 4) is 11.5 Å². The maximum Gasteiger partial charge on any atom is 0.338 e. The minimum absolute atomic E-state index is 0.190. The van der Waals surface area contributed by atoms with Crippen LogP contribution in [0, 0.1) is 0 Å². The van der Waals surface area contributed by atoms with Gasteiger partial charge in [0.05, 0.1) is 36.6 Å². The van der Waals surface area contributed by atoms with Crippen LogP contribution in [0.2, 0.25) is 0 Å². The van der Waals surface area contributed by atoms with E-state index in [1.807, 2.05) is 12.1 Å². The molecule has 3 aromatic rings. The SMILES string of the molecule is CCOC(=O)C1=C(C)N=c2s/c(=C\c3ccc(N4CCC(N(C)C)CC4)o3)c(=O)n2[C@@H]1c1cc(OC)ccc1OC. The molecule has 218 valence electrons. The van der Waals surface area contributed by atoms with Crippen LogP contribution in [0.5, 0.6) is 11.5 Å². The van der Waals surface area contributed by atoms with E-state index in [0.717, 1.165) is 31.8 Å². The van der Waals surface area contributed by atoms with Crippen LogP contribution >= 0.6 is 11.3 Å². The molecule has 11 heteroatoms. The number of furan rings is 1. The summed E-state index contributed by atoms with van der Waals surface area (Å²) in [6.45, 7) is 5.51. The molecule has 0 N–H and O–H groups in total. The molecule has 2 aliphatic heterocycles. The Morgan fingerprint density at radius 1 is 1.17 bits per heavy atom. The largest absolute Gasteiger partial charge is 0.497 e. The molecule has 0 aliphatic carbocycles. The van der Waals surface area contributed by atoms with Gasteiger partial charge in [-0.1, -0.05) is 11.3 Å². The zero-order chi connectivity index (χ0) is 29.3. The number of hydrogen-bond acceptors (Lipinski definition) is 10. The van der Waals surface area contributed by atoms with Gasteiger partial charge >= 0.3 is 5.97 Å². The second kappa shape index (κ2) is 12.0. The van der Waals surface area contributed by atoms with E-state index < -0.39 is 12.0 Å². The topological polar surface area (TPSA) is 98.7 Å². The second-order valence-electron chi connectivity index (χ2n) is 10.3. The third kappa shape index (κ3) is 5.56. The predicted molar refractivity (Wildman–Crippen MR) is 158 cm³/mol. The molecule has 0 bridgehead atoms. The van der Waals surface area contributed by atoms with Crippen LogP contribution in [0.3, 0.4) is 0 Å². The van der Waals surface area contributed by atoms with Crippen molar-refractivity contribution in [3.63, 3.8) is 0 Å². The van der Waals surface area contributed by atoms with Gasteiger partial charge in [0.2, 0.25) is 0 Å². The van der Waals surface area contributed by atoms with Crippen molar-refractivity contribution in [2.24, 2.45) is 4.99 Å². The normalized spacial score (nSPS) is 18.0. The number of ether oxygens (including phenoxy) is 3. The smallest absolute Gasteiger partial charge is 0.338 e. The number of nitrogens with zero attached hydrogens (tertiary/aromatic N) is 4. The number of thiazole rings is 1. The summed E-state index contributed by atoms with van der Waals surface area (Å²) in [6, 6.07) is 8.88. The standard InChI is InChI=1S/C30H36N4O6S/c1-7-39-29(36)26-18(2)31-30-34(27(26)22-16-20(37-5)8-10-23(22)38-6)28(35)24(41-30)17-21-9-11-25(40-21)33-14-12-19(13-15-33)32(3)4/h8-11,16-17,19,27H,7,12-15H2,1-6H3/b24-17-/t27-/m1/s1. The van der Waals surface area contributed by atoms with E-state index in [9.17, 15) is 9.59 Å². The predicted octanol–water partition coefficient (Wildman–Crippen LogP) is 2.94. The Hall–Kier alpha value is -3.83. The van der Waals surface area contributed by atoms with Gasteiger partial charge in [0.1, 0.15) is 23.3 Å². The number of hydrogen-bond donors (Lipinski definition) is 0. The molecular weight excluding hydrogens is 544 g/mol. The fourth-order valence-corrected chi connectivity index (χ4v) is 6.49. The van der Waals surface area contributed by atoms with Crippen molar-refractivity contribution >= 4 is 29.3 Å². The van der Waals surface area contributed by atoms with Crippen molar-refractivity contribution in [2.45, 2.75) is 38.8 Å². The summed E-state index contributed by atoms with van der Waals surface area (Å²) in [7, 11) is 7.35. The molecule has 4 heterocycles. The first-order valence-electron chi connectivity index (χ1n) is 13.7. The number of fused-ring (bicyclic) bond motifs is 1. The van der Waals surface area contributed by atoms with Gasteiger partial charge in [-0.25, -0.2) is 9.79 Å². The molecule has 2 aliphatic rings. The van der Waals surface area contributed by atoms with Crippen molar-refractivity contribution in [1.82, 2.24) is 9.47 Å². The Labute approximate surface area is 242 Å². The lowest BCUT2D eigenvalue weighted by molar-refractivity contribution is -0.139. The highest BCUT2D eigenvalue weighted by Gasteiger charge is 2.35. The number of benzene rings is 1. The fraction of sp³-hybridized carbons (Fsp3) is 0.433. The maximum atomic E-state index is 14.0. The van der Waals surface area contributed by atoms with Crippen LogP contribution in [-0.4, -0.2) is 69.5 Å². The Morgan fingerprint density at radius 2 is 1.93 bits per heavy atom. The summed E-state index contributed by atoms with van der Waals surface area (Å²) in [6.07, 6.45) is 3.87. The Kier molecular flexibility index (Phi) is 8.37. The summed E-state index contributed by atoms with van der Waals surface area (Å²) < 4.78 is 24.7. The third-order valence-corrected chi connectivity index (χ3v) is 8.62. The molecule has 0 amide bonds. The molecule has 1 atom stereocenters. The third-order valence-electron chi connectivity index (χ3n) is 7.64. The van der Waals surface area contributed by atoms with Crippen molar-refractivity contribution in [1.29, 1.82) is 0 Å². The molecule has 5 rings (SSSR count). The fourth-order valence-electron chi connectivity index (χ4n) is 5.46. The van der Waals surface area contributed by atoms with Crippen LogP contribution in [0.4, 0.5) is 5.88 Å². The van der Waals surface area contributed by atoms with E-state index >= 15 is 0 Å². The zero-order valence-corrected chi connectivity index (χ0v) is 25.1. The van der Waals surface area contributed by atoms with Crippen LogP contribution < -0.4 is 29.3 Å². The molecule has 0 saturated carbocycles. The van der Waals surface area contributed by atoms with Gasteiger partial charge in [-0.3, -0.25) is 9.36 Å². The second-order valence-corrected chi connectivity index (χ2v) is 11.3. The average molecular weight is 581 g/mol. The number of piperidine rings is 1. The van der Waals surface area contributed by atoms with Gasteiger partial charge in [0, 0.05) is 36.8 Å². The summed E-state index contributed by atoms with van der Waals surface area (Å²) in [5.41, 5.74) is 1.06. The molecule has 1 aromatic carbocycles. The first-order chi connectivity index (χ1) is 19.7. The highest BCUT2D eigenvalue weighted by atomic mass is 32.1. The number of carbonyl (C=O) groups is 1. The van der Waals surface area contributed by atoms with Gasteiger partial charge in [-0.15, -0.1) is 0 Å².